The Morgan fingerprint density at radius 2 is 2.25 bits per heavy atom. The van der Waals surface area contributed by atoms with Gasteiger partial charge in [0, 0.05) is 17.5 Å². The smallest absolute Gasteiger partial charge is 0.261 e. The van der Waals surface area contributed by atoms with Crippen LogP contribution in [-0.2, 0) is 11.2 Å². The molecule has 1 aliphatic rings. The van der Waals surface area contributed by atoms with E-state index in [9.17, 15) is 4.79 Å². The number of hydrogen-bond donors (Lipinski definition) is 0. The fraction of sp³-hybridized carbons (Fsp3) is 0.333. The van der Waals surface area contributed by atoms with Crippen LogP contribution in [0.5, 0.6) is 11.5 Å². The van der Waals surface area contributed by atoms with Crippen LogP contribution in [0.15, 0.2) is 29.6 Å². The van der Waals surface area contributed by atoms with Crippen LogP contribution in [0.4, 0.5) is 0 Å². The van der Waals surface area contributed by atoms with E-state index in [1.54, 1.807) is 29.5 Å². The van der Waals surface area contributed by atoms with Crippen LogP contribution < -0.4 is 9.47 Å². The first kappa shape index (κ1) is 16.3. The van der Waals surface area contributed by atoms with Crippen molar-refractivity contribution in [3.63, 3.8) is 0 Å². The molecule has 1 atom stereocenters. The van der Waals surface area contributed by atoms with E-state index in [1.807, 2.05) is 17.9 Å². The Morgan fingerprint density at radius 1 is 1.42 bits per heavy atom. The molecule has 0 fully saturated rings. The number of thiophene rings is 1. The first-order valence-electron chi connectivity index (χ1n) is 7.70. The second kappa shape index (κ2) is 6.93. The molecule has 2 heterocycles. The van der Waals surface area contributed by atoms with Gasteiger partial charge in [0.25, 0.3) is 5.91 Å². The maximum Gasteiger partial charge on any atom is 0.261 e. The fourth-order valence-corrected chi connectivity index (χ4v) is 3.89. The number of hydrogen-bond acceptors (Lipinski definition) is 5. The number of nitrogens with zero attached hydrogens (tertiary/aromatic N) is 2. The van der Waals surface area contributed by atoms with Crippen LogP contribution in [0.3, 0.4) is 0 Å². The van der Waals surface area contributed by atoms with Crippen molar-refractivity contribution in [2.75, 3.05) is 20.3 Å². The van der Waals surface area contributed by atoms with Crippen LogP contribution in [0.2, 0.25) is 0 Å². The Kier molecular flexibility index (Phi) is 4.72. The van der Waals surface area contributed by atoms with Gasteiger partial charge in [0.1, 0.15) is 0 Å². The topological polar surface area (TPSA) is 62.6 Å². The number of carbonyl (C=O) groups is 1. The van der Waals surface area contributed by atoms with E-state index in [4.69, 9.17) is 14.7 Å². The van der Waals surface area contributed by atoms with Gasteiger partial charge in [0.15, 0.2) is 18.1 Å². The average molecular weight is 342 g/mol. The highest BCUT2D eigenvalue weighted by atomic mass is 32.1. The summed E-state index contributed by atoms with van der Waals surface area (Å²) < 4.78 is 10.9. The number of methoxy groups -OCH3 is 1. The second-order valence-electron chi connectivity index (χ2n) is 5.58. The molecule has 1 aromatic heterocycles. The van der Waals surface area contributed by atoms with E-state index in [2.05, 4.69) is 11.4 Å². The fourth-order valence-electron chi connectivity index (χ4n) is 2.93. The first-order chi connectivity index (χ1) is 11.6. The molecule has 0 N–H and O–H groups in total. The number of amides is 1. The highest BCUT2D eigenvalue weighted by molar-refractivity contribution is 7.10. The molecule has 1 aromatic carbocycles. The molecular formula is C18H18N2O3S. The zero-order chi connectivity index (χ0) is 17.1. The summed E-state index contributed by atoms with van der Waals surface area (Å²) in [6.45, 7) is 2.71. The molecule has 124 valence electrons. The summed E-state index contributed by atoms with van der Waals surface area (Å²) in [4.78, 5) is 15.8. The van der Waals surface area contributed by atoms with Gasteiger partial charge in [-0.2, -0.15) is 5.26 Å². The Hall–Kier alpha value is -2.52. The van der Waals surface area contributed by atoms with Gasteiger partial charge in [-0.15, -0.1) is 11.3 Å². The summed E-state index contributed by atoms with van der Waals surface area (Å²) >= 11 is 1.75. The minimum atomic E-state index is -0.0502. The van der Waals surface area contributed by atoms with Crippen molar-refractivity contribution in [1.82, 2.24) is 4.90 Å². The monoisotopic (exact) mass is 342 g/mol. The molecule has 6 heteroatoms. The lowest BCUT2D eigenvalue weighted by Crippen LogP contribution is -2.40. The Balaban J connectivity index is 1.67. The average Bonchev–Trinajstić information content (AvgIpc) is 3.09. The maximum absolute atomic E-state index is 12.5. The van der Waals surface area contributed by atoms with Crippen LogP contribution >= 0.6 is 11.3 Å². The Morgan fingerprint density at radius 3 is 3.00 bits per heavy atom. The molecule has 0 radical (unpaired) electrons. The summed E-state index contributed by atoms with van der Waals surface area (Å²) in [5, 5.41) is 11.0. The second-order valence-corrected chi connectivity index (χ2v) is 6.58. The largest absolute Gasteiger partial charge is 0.493 e. The number of rotatable bonds is 4. The summed E-state index contributed by atoms with van der Waals surface area (Å²) in [7, 11) is 1.51. The Bertz CT molecular complexity index is 794. The Labute approximate surface area is 145 Å². The molecule has 0 spiro atoms. The van der Waals surface area contributed by atoms with Gasteiger partial charge >= 0.3 is 0 Å². The highest BCUT2D eigenvalue weighted by Gasteiger charge is 2.28. The summed E-state index contributed by atoms with van der Waals surface area (Å²) in [6, 6.07) is 9.10. The molecule has 1 aliphatic heterocycles. The standard InChI is InChI=1S/C18H18N2O3S/c1-12-14-6-8-24-17(14)5-7-20(12)18(21)11-23-15-4-3-13(10-19)9-16(15)22-2/h3-4,6,8-9,12H,5,7,11H2,1-2H3. The van der Waals surface area contributed by atoms with Crippen molar-refractivity contribution in [2.45, 2.75) is 19.4 Å². The highest BCUT2D eigenvalue weighted by Crippen LogP contribution is 2.33. The van der Waals surface area contributed by atoms with Crippen molar-refractivity contribution in [3.05, 3.63) is 45.6 Å². The van der Waals surface area contributed by atoms with Crippen molar-refractivity contribution in [2.24, 2.45) is 0 Å². The summed E-state index contributed by atoms with van der Waals surface area (Å²) in [5.74, 6) is 0.866. The molecule has 3 rings (SSSR count). The van der Waals surface area contributed by atoms with Crippen LogP contribution in [0, 0.1) is 11.3 Å². The molecule has 5 nitrogen and oxygen atoms in total. The molecular weight excluding hydrogens is 324 g/mol. The predicted molar refractivity (Wildman–Crippen MR) is 91.4 cm³/mol. The number of benzene rings is 1. The van der Waals surface area contributed by atoms with Gasteiger partial charge in [0.2, 0.25) is 0 Å². The van der Waals surface area contributed by atoms with Gasteiger partial charge in [-0.05, 0) is 42.5 Å². The zero-order valence-electron chi connectivity index (χ0n) is 13.6. The lowest BCUT2D eigenvalue weighted by atomic mass is 10.0. The zero-order valence-corrected chi connectivity index (χ0v) is 14.4. The van der Waals surface area contributed by atoms with Crippen LogP contribution in [-0.4, -0.2) is 31.1 Å². The van der Waals surface area contributed by atoms with Crippen LogP contribution in [0.25, 0.3) is 0 Å². The summed E-state index contributed by atoms with van der Waals surface area (Å²) in [5.41, 5.74) is 1.72. The number of fused-ring (bicyclic) bond motifs is 1. The van der Waals surface area contributed by atoms with Gasteiger partial charge in [-0.1, -0.05) is 0 Å². The van der Waals surface area contributed by atoms with Crippen LogP contribution in [0.1, 0.15) is 29.0 Å². The van der Waals surface area contributed by atoms with Gasteiger partial charge in [-0.25, -0.2) is 0 Å². The molecule has 24 heavy (non-hydrogen) atoms. The quantitative estimate of drug-likeness (QED) is 0.856. The lowest BCUT2D eigenvalue weighted by molar-refractivity contribution is -0.135. The maximum atomic E-state index is 12.5. The molecule has 0 saturated heterocycles. The molecule has 0 aliphatic carbocycles. The predicted octanol–water partition coefficient (Wildman–Crippen LogP) is 3.15. The van der Waals surface area contributed by atoms with Crippen molar-refractivity contribution in [1.29, 1.82) is 5.26 Å². The third-order valence-corrected chi connectivity index (χ3v) is 5.24. The van der Waals surface area contributed by atoms with E-state index in [0.717, 1.165) is 6.42 Å². The summed E-state index contributed by atoms with van der Waals surface area (Å²) in [6.07, 6.45) is 0.892. The van der Waals surface area contributed by atoms with Gasteiger partial charge in [0.05, 0.1) is 24.8 Å². The molecule has 1 amide bonds. The van der Waals surface area contributed by atoms with Crippen molar-refractivity contribution >= 4 is 17.2 Å². The van der Waals surface area contributed by atoms with E-state index >= 15 is 0 Å². The molecule has 0 saturated carbocycles. The number of carbonyl (C=O) groups excluding carboxylic acids is 1. The SMILES string of the molecule is COc1cc(C#N)ccc1OCC(=O)N1CCc2sccc2C1C. The van der Waals surface area contributed by atoms with Gasteiger partial charge < -0.3 is 14.4 Å². The molecule has 0 bridgehead atoms. The van der Waals surface area contributed by atoms with E-state index in [1.165, 1.54) is 17.6 Å². The van der Waals surface area contributed by atoms with Gasteiger partial charge in [-0.3, -0.25) is 4.79 Å². The lowest BCUT2D eigenvalue weighted by Gasteiger charge is -2.33. The minimum absolute atomic E-state index is 0.0495. The third-order valence-electron chi connectivity index (χ3n) is 4.24. The molecule has 2 aromatic rings. The van der Waals surface area contributed by atoms with Crippen molar-refractivity contribution < 1.29 is 14.3 Å². The third kappa shape index (κ3) is 3.08. The number of ether oxygens (including phenoxy) is 2. The normalized spacial score (nSPS) is 16.2. The minimum Gasteiger partial charge on any atom is -0.493 e. The van der Waals surface area contributed by atoms with E-state index in [0.29, 0.717) is 23.6 Å². The first-order valence-corrected chi connectivity index (χ1v) is 8.58. The van der Waals surface area contributed by atoms with E-state index in [-0.39, 0.29) is 18.6 Å². The molecule has 1 unspecified atom stereocenters. The van der Waals surface area contributed by atoms with Crippen molar-refractivity contribution in [3.8, 4) is 17.6 Å². The van der Waals surface area contributed by atoms with E-state index < -0.39 is 0 Å². The number of nitriles is 1.